The monoisotopic (exact) mass is 421 g/mol. The lowest BCUT2D eigenvalue weighted by atomic mass is 10.0. The first-order chi connectivity index (χ1) is 15.7. The number of hydrogen-bond donors (Lipinski definition) is 3. The molecule has 6 rings (SSSR count). The van der Waals surface area contributed by atoms with Gasteiger partial charge in [0, 0.05) is 35.1 Å². The van der Waals surface area contributed by atoms with Crippen molar-refractivity contribution in [3.63, 3.8) is 0 Å². The molecule has 0 unspecified atom stereocenters. The van der Waals surface area contributed by atoms with Gasteiger partial charge in [0.1, 0.15) is 11.5 Å². The zero-order chi connectivity index (χ0) is 21.7. The summed E-state index contributed by atoms with van der Waals surface area (Å²) in [7, 11) is 0. The molecule has 0 aliphatic rings. The smallest absolute Gasteiger partial charge is 0.159 e. The van der Waals surface area contributed by atoms with E-state index in [0.717, 1.165) is 33.1 Å². The van der Waals surface area contributed by atoms with Gasteiger partial charge in [-0.3, -0.25) is 15.1 Å². The van der Waals surface area contributed by atoms with Crippen LogP contribution in [0.5, 0.6) is 0 Å². The second kappa shape index (κ2) is 6.98. The van der Waals surface area contributed by atoms with Crippen LogP contribution in [0.25, 0.3) is 55.7 Å². The van der Waals surface area contributed by atoms with E-state index in [2.05, 4.69) is 25.1 Å². The second-order valence-corrected chi connectivity index (χ2v) is 7.52. The third-order valence-electron chi connectivity index (χ3n) is 5.41. The summed E-state index contributed by atoms with van der Waals surface area (Å²) in [4.78, 5) is 16.6. The lowest BCUT2D eigenvalue weighted by molar-refractivity contribution is 0.628. The van der Waals surface area contributed by atoms with E-state index in [9.17, 15) is 4.39 Å². The molecule has 2 aromatic carbocycles. The molecule has 0 radical (unpaired) electrons. The molecule has 4 aromatic heterocycles. The van der Waals surface area contributed by atoms with Crippen molar-refractivity contribution < 1.29 is 4.39 Å². The molecule has 32 heavy (non-hydrogen) atoms. The molecule has 8 heteroatoms. The van der Waals surface area contributed by atoms with Crippen molar-refractivity contribution in [1.29, 1.82) is 0 Å². The minimum Gasteiger partial charge on any atom is -0.397 e. The molecular formula is C24H16FN7. The molecule has 0 atom stereocenters. The first-order valence-corrected chi connectivity index (χ1v) is 9.95. The number of rotatable bonds is 3. The molecule has 0 amide bonds. The highest BCUT2D eigenvalue weighted by molar-refractivity contribution is 5.98. The van der Waals surface area contributed by atoms with Crippen molar-refractivity contribution in [1.82, 2.24) is 30.1 Å². The number of fused-ring (bicyclic) bond motifs is 2. The molecule has 6 aromatic rings. The summed E-state index contributed by atoms with van der Waals surface area (Å²) < 4.78 is 13.8. The third kappa shape index (κ3) is 2.97. The maximum Gasteiger partial charge on any atom is 0.159 e. The van der Waals surface area contributed by atoms with Gasteiger partial charge in [-0.15, -0.1) is 0 Å². The van der Waals surface area contributed by atoms with E-state index in [0.29, 0.717) is 28.3 Å². The van der Waals surface area contributed by atoms with Gasteiger partial charge < -0.3 is 10.7 Å². The molecule has 0 saturated heterocycles. The quantitative estimate of drug-likeness (QED) is 0.374. The van der Waals surface area contributed by atoms with Crippen LogP contribution >= 0.6 is 0 Å². The van der Waals surface area contributed by atoms with Crippen molar-refractivity contribution in [2.45, 2.75) is 0 Å². The Bertz CT molecular complexity index is 1620. The Hall–Kier alpha value is -4.59. The fourth-order valence-corrected chi connectivity index (χ4v) is 3.90. The highest BCUT2D eigenvalue weighted by atomic mass is 19.1. The number of aromatic nitrogens is 6. The van der Waals surface area contributed by atoms with E-state index in [1.807, 2.05) is 30.3 Å². The van der Waals surface area contributed by atoms with Gasteiger partial charge in [0.25, 0.3) is 0 Å². The predicted octanol–water partition coefficient (Wildman–Crippen LogP) is 4.95. The Balaban J connectivity index is 1.51. The number of aromatic amines is 2. The van der Waals surface area contributed by atoms with Crippen LogP contribution in [0.3, 0.4) is 0 Å². The number of hydrogen-bond acceptors (Lipinski definition) is 5. The lowest BCUT2D eigenvalue weighted by Gasteiger charge is -2.03. The number of pyridine rings is 2. The summed E-state index contributed by atoms with van der Waals surface area (Å²) in [5, 5.41) is 8.46. The maximum atomic E-state index is 13.8. The van der Waals surface area contributed by atoms with E-state index in [-0.39, 0.29) is 5.82 Å². The average molecular weight is 421 g/mol. The molecule has 0 aliphatic heterocycles. The molecule has 4 N–H and O–H groups in total. The normalized spacial score (nSPS) is 11.4. The fraction of sp³-hybridized carbons (Fsp3) is 0. The second-order valence-electron chi connectivity index (χ2n) is 7.52. The van der Waals surface area contributed by atoms with Gasteiger partial charge in [-0.1, -0.05) is 18.2 Å². The number of halogens is 1. The lowest BCUT2D eigenvalue weighted by Crippen LogP contribution is -1.88. The topological polar surface area (TPSA) is 109 Å². The van der Waals surface area contributed by atoms with E-state index < -0.39 is 0 Å². The number of H-pyrrole nitrogens is 2. The van der Waals surface area contributed by atoms with Gasteiger partial charge in [-0.05, 0) is 41.5 Å². The van der Waals surface area contributed by atoms with Gasteiger partial charge in [-0.25, -0.2) is 9.37 Å². The zero-order valence-corrected chi connectivity index (χ0v) is 16.7. The highest BCUT2D eigenvalue weighted by Gasteiger charge is 2.16. The minimum absolute atomic E-state index is 0.308. The number of nitrogen functional groups attached to an aromatic ring is 1. The summed E-state index contributed by atoms with van der Waals surface area (Å²) in [6.45, 7) is 0. The van der Waals surface area contributed by atoms with E-state index >= 15 is 0 Å². The fourth-order valence-electron chi connectivity index (χ4n) is 3.90. The third-order valence-corrected chi connectivity index (χ3v) is 5.41. The van der Waals surface area contributed by atoms with Crippen LogP contribution in [0.15, 0.2) is 73.3 Å². The van der Waals surface area contributed by atoms with Crippen LogP contribution in [0.4, 0.5) is 10.1 Å². The molecule has 0 saturated carbocycles. The van der Waals surface area contributed by atoms with Crippen molar-refractivity contribution >= 4 is 27.6 Å². The standard InChI is InChI=1S/C24H16FN7/c25-16-3-1-2-14(6-16)19-11-28-12-21-22(19)30-24(29-21)23-18-8-13(4-5-20(18)31-32-23)15-7-17(26)10-27-9-15/h1-12H,26H2,(H,29,30)(H,31,32). The van der Waals surface area contributed by atoms with Gasteiger partial charge in [0.15, 0.2) is 5.82 Å². The molecule has 7 nitrogen and oxygen atoms in total. The van der Waals surface area contributed by atoms with Crippen LogP contribution in [0.1, 0.15) is 0 Å². The Kier molecular flexibility index (Phi) is 3.97. The van der Waals surface area contributed by atoms with Crippen LogP contribution in [0, 0.1) is 5.82 Å². The molecular weight excluding hydrogens is 405 g/mol. The molecule has 154 valence electrons. The average Bonchev–Trinajstić information content (AvgIpc) is 3.42. The number of nitrogens with zero attached hydrogens (tertiary/aromatic N) is 4. The van der Waals surface area contributed by atoms with Crippen molar-refractivity contribution in [2.75, 3.05) is 5.73 Å². The van der Waals surface area contributed by atoms with Crippen molar-refractivity contribution in [3.8, 4) is 33.8 Å². The summed E-state index contributed by atoms with van der Waals surface area (Å²) >= 11 is 0. The first kappa shape index (κ1) is 18.2. The minimum atomic E-state index is -0.308. The van der Waals surface area contributed by atoms with E-state index in [1.165, 1.54) is 12.1 Å². The molecule has 0 bridgehead atoms. The molecule has 4 heterocycles. The SMILES string of the molecule is Nc1cncc(-c2ccc3[nH]nc(-c4nc5c(-c6cccc(F)c6)cncc5[nH]4)c3c2)c1. The molecule has 0 spiro atoms. The number of nitrogens with two attached hydrogens (primary N) is 1. The number of benzene rings is 2. The molecule has 0 aliphatic carbocycles. The maximum absolute atomic E-state index is 13.8. The predicted molar refractivity (Wildman–Crippen MR) is 122 cm³/mol. The summed E-state index contributed by atoms with van der Waals surface area (Å²) in [5.74, 6) is 0.289. The Morgan fingerprint density at radius 1 is 0.812 bits per heavy atom. The molecule has 0 fully saturated rings. The van der Waals surface area contributed by atoms with Gasteiger partial charge in [0.05, 0.1) is 28.4 Å². The highest BCUT2D eigenvalue weighted by Crippen LogP contribution is 2.33. The van der Waals surface area contributed by atoms with E-state index in [1.54, 1.807) is 30.9 Å². The van der Waals surface area contributed by atoms with Crippen LogP contribution in [-0.4, -0.2) is 30.1 Å². The van der Waals surface area contributed by atoms with E-state index in [4.69, 9.17) is 10.7 Å². The summed E-state index contributed by atoms with van der Waals surface area (Å²) in [5.41, 5.74) is 12.9. The van der Waals surface area contributed by atoms with Crippen molar-refractivity contribution in [2.24, 2.45) is 0 Å². The van der Waals surface area contributed by atoms with Crippen LogP contribution in [0.2, 0.25) is 0 Å². The Morgan fingerprint density at radius 2 is 1.72 bits per heavy atom. The van der Waals surface area contributed by atoms with Gasteiger partial charge >= 0.3 is 0 Å². The number of imidazole rings is 1. The van der Waals surface area contributed by atoms with Gasteiger partial charge in [-0.2, -0.15) is 5.10 Å². The van der Waals surface area contributed by atoms with Crippen LogP contribution in [-0.2, 0) is 0 Å². The van der Waals surface area contributed by atoms with Gasteiger partial charge in [0.2, 0.25) is 0 Å². The summed E-state index contributed by atoms with van der Waals surface area (Å²) in [6, 6.07) is 14.3. The number of anilines is 1. The Morgan fingerprint density at radius 3 is 2.59 bits per heavy atom. The first-order valence-electron chi connectivity index (χ1n) is 9.95. The van der Waals surface area contributed by atoms with Crippen molar-refractivity contribution in [3.05, 3.63) is 79.1 Å². The van der Waals surface area contributed by atoms with Crippen LogP contribution < -0.4 is 5.73 Å². The largest absolute Gasteiger partial charge is 0.397 e. The zero-order valence-electron chi connectivity index (χ0n) is 16.7. The summed E-state index contributed by atoms with van der Waals surface area (Å²) in [6.07, 6.45) is 6.78. The Labute approximate surface area is 181 Å². The number of nitrogens with one attached hydrogen (secondary N) is 2.